The summed E-state index contributed by atoms with van der Waals surface area (Å²) in [6, 6.07) is -0.0881. The third-order valence-corrected chi connectivity index (χ3v) is 3.05. The number of hydrogen-bond donors (Lipinski definition) is 1. The van der Waals surface area contributed by atoms with E-state index in [9.17, 15) is 4.79 Å². The van der Waals surface area contributed by atoms with Crippen LogP contribution in [0.4, 0.5) is 0 Å². The molecule has 17 heavy (non-hydrogen) atoms. The predicted molar refractivity (Wildman–Crippen MR) is 71.8 cm³/mol. The van der Waals surface area contributed by atoms with Crippen molar-refractivity contribution in [1.82, 2.24) is 4.90 Å². The number of thiocarbonyl (C=S) groups is 1. The molecule has 1 saturated heterocycles. The quantitative estimate of drug-likeness (QED) is 0.779. The highest BCUT2D eigenvalue weighted by molar-refractivity contribution is 7.80. The second kappa shape index (κ2) is 5.78. The Morgan fingerprint density at radius 1 is 1.47 bits per heavy atom. The first-order valence-corrected chi connectivity index (χ1v) is 6.45. The minimum absolute atomic E-state index is 0.0163. The number of amides is 1. The summed E-state index contributed by atoms with van der Waals surface area (Å²) in [6.07, 6.45) is 2.96. The fraction of sp³-hybridized carbons (Fsp3) is 0.833. The zero-order chi connectivity index (χ0) is 13.1. The zero-order valence-electron chi connectivity index (χ0n) is 10.9. The van der Waals surface area contributed by atoms with Crippen molar-refractivity contribution in [2.75, 3.05) is 13.2 Å². The lowest BCUT2D eigenvalue weighted by Gasteiger charge is -2.35. The normalized spacial score (nSPS) is 21.4. The van der Waals surface area contributed by atoms with Gasteiger partial charge in [-0.1, -0.05) is 12.2 Å². The van der Waals surface area contributed by atoms with Crippen LogP contribution >= 0.6 is 12.2 Å². The van der Waals surface area contributed by atoms with Gasteiger partial charge in [0.15, 0.2) is 0 Å². The number of nitrogens with zero attached hydrogens (tertiary/aromatic N) is 1. The molecule has 0 aliphatic carbocycles. The van der Waals surface area contributed by atoms with Gasteiger partial charge in [0, 0.05) is 6.54 Å². The standard InChI is InChI=1S/C12H22N2O2S/c1-12(2,3)16-8-10(15)14-7-5-4-6-9(14)11(13)17/h9H,4-8H2,1-3H3,(H2,13,17). The van der Waals surface area contributed by atoms with Gasteiger partial charge >= 0.3 is 0 Å². The molecule has 5 heteroatoms. The van der Waals surface area contributed by atoms with Crippen LogP contribution in [0.15, 0.2) is 0 Å². The van der Waals surface area contributed by atoms with E-state index < -0.39 is 0 Å². The van der Waals surface area contributed by atoms with Crippen LogP contribution in [-0.2, 0) is 9.53 Å². The molecule has 1 atom stereocenters. The number of likely N-dealkylation sites (tertiary alicyclic amines) is 1. The van der Waals surface area contributed by atoms with Gasteiger partial charge in [-0.2, -0.15) is 0 Å². The number of nitrogens with two attached hydrogens (primary N) is 1. The smallest absolute Gasteiger partial charge is 0.249 e. The highest BCUT2D eigenvalue weighted by atomic mass is 32.1. The number of ether oxygens (including phenoxy) is 1. The van der Waals surface area contributed by atoms with Crippen molar-refractivity contribution in [3.63, 3.8) is 0 Å². The lowest BCUT2D eigenvalue weighted by atomic mass is 10.0. The Bertz CT molecular complexity index is 299. The third kappa shape index (κ3) is 4.60. The molecule has 2 N–H and O–H groups in total. The van der Waals surface area contributed by atoms with E-state index in [1.165, 1.54) is 0 Å². The lowest BCUT2D eigenvalue weighted by molar-refractivity contribution is -0.143. The van der Waals surface area contributed by atoms with Gasteiger partial charge in [0.2, 0.25) is 5.91 Å². The summed E-state index contributed by atoms with van der Waals surface area (Å²) in [5.41, 5.74) is 5.37. The molecule has 0 spiro atoms. The van der Waals surface area contributed by atoms with Crippen molar-refractivity contribution in [3.05, 3.63) is 0 Å². The number of carbonyl (C=O) groups is 1. The second-order valence-corrected chi connectivity index (χ2v) is 5.87. The SMILES string of the molecule is CC(C)(C)OCC(=O)N1CCCCC1C(N)=S. The number of piperidine rings is 1. The molecule has 1 aliphatic rings. The van der Waals surface area contributed by atoms with Crippen molar-refractivity contribution in [3.8, 4) is 0 Å². The van der Waals surface area contributed by atoms with E-state index in [0.29, 0.717) is 4.99 Å². The highest BCUT2D eigenvalue weighted by Gasteiger charge is 2.29. The van der Waals surface area contributed by atoms with Crippen molar-refractivity contribution in [2.24, 2.45) is 5.73 Å². The zero-order valence-corrected chi connectivity index (χ0v) is 11.7. The molecule has 1 unspecified atom stereocenters. The molecule has 1 rings (SSSR count). The largest absolute Gasteiger partial charge is 0.392 e. The summed E-state index contributed by atoms with van der Waals surface area (Å²) in [5.74, 6) is -0.0163. The van der Waals surface area contributed by atoms with Gasteiger partial charge in [0.25, 0.3) is 0 Å². The van der Waals surface area contributed by atoms with Crippen LogP contribution in [0.25, 0.3) is 0 Å². The van der Waals surface area contributed by atoms with Crippen molar-refractivity contribution >= 4 is 23.1 Å². The molecule has 0 aromatic carbocycles. The second-order valence-electron chi connectivity index (χ2n) is 5.40. The van der Waals surface area contributed by atoms with Crippen LogP contribution in [0.1, 0.15) is 40.0 Å². The summed E-state index contributed by atoms with van der Waals surface area (Å²) in [4.78, 5) is 14.2. The summed E-state index contributed by atoms with van der Waals surface area (Å²) >= 11 is 5.01. The molecule has 1 amide bonds. The van der Waals surface area contributed by atoms with E-state index in [1.807, 2.05) is 20.8 Å². The lowest BCUT2D eigenvalue weighted by Crippen LogP contribution is -2.51. The Kier molecular flexibility index (Phi) is 4.89. The molecule has 1 heterocycles. The molecule has 0 radical (unpaired) electrons. The summed E-state index contributed by atoms with van der Waals surface area (Å²) in [6.45, 7) is 6.63. The molecule has 1 aliphatic heterocycles. The predicted octanol–water partition coefficient (Wildman–Crippen LogP) is 1.47. The van der Waals surface area contributed by atoms with E-state index in [1.54, 1.807) is 4.90 Å². The van der Waals surface area contributed by atoms with Crippen LogP contribution in [0, 0.1) is 0 Å². The summed E-state index contributed by atoms with van der Waals surface area (Å²) in [7, 11) is 0. The summed E-state index contributed by atoms with van der Waals surface area (Å²) < 4.78 is 5.50. The average Bonchev–Trinajstić information content (AvgIpc) is 2.25. The van der Waals surface area contributed by atoms with E-state index in [0.717, 1.165) is 25.8 Å². The number of hydrogen-bond acceptors (Lipinski definition) is 3. The fourth-order valence-electron chi connectivity index (χ4n) is 1.89. The van der Waals surface area contributed by atoms with E-state index in [4.69, 9.17) is 22.7 Å². The maximum atomic E-state index is 12.0. The maximum absolute atomic E-state index is 12.0. The van der Waals surface area contributed by atoms with Gasteiger partial charge in [0.1, 0.15) is 6.61 Å². The first-order chi connectivity index (χ1) is 7.81. The number of carbonyl (C=O) groups excluding carboxylic acids is 1. The van der Waals surface area contributed by atoms with Gasteiger partial charge < -0.3 is 15.4 Å². The molecule has 4 nitrogen and oxygen atoms in total. The third-order valence-electron chi connectivity index (χ3n) is 2.78. The maximum Gasteiger partial charge on any atom is 0.249 e. The highest BCUT2D eigenvalue weighted by Crippen LogP contribution is 2.18. The van der Waals surface area contributed by atoms with Gasteiger partial charge in [-0.3, -0.25) is 4.79 Å². The minimum atomic E-state index is -0.301. The van der Waals surface area contributed by atoms with Crippen molar-refractivity contribution in [1.29, 1.82) is 0 Å². The van der Waals surface area contributed by atoms with Crippen LogP contribution in [0.2, 0.25) is 0 Å². The van der Waals surface area contributed by atoms with E-state index in [-0.39, 0.29) is 24.2 Å². The Morgan fingerprint density at radius 3 is 2.65 bits per heavy atom. The van der Waals surface area contributed by atoms with Gasteiger partial charge in [-0.05, 0) is 40.0 Å². The summed E-state index contributed by atoms with van der Waals surface area (Å²) in [5, 5.41) is 0. The molecule has 0 saturated carbocycles. The molecule has 1 fully saturated rings. The Morgan fingerprint density at radius 2 is 2.12 bits per heavy atom. The Hall–Kier alpha value is -0.680. The van der Waals surface area contributed by atoms with Crippen molar-refractivity contribution < 1.29 is 9.53 Å². The molecule has 0 bridgehead atoms. The van der Waals surface area contributed by atoms with Gasteiger partial charge in [-0.15, -0.1) is 0 Å². The number of rotatable bonds is 3. The average molecular weight is 258 g/mol. The monoisotopic (exact) mass is 258 g/mol. The van der Waals surface area contributed by atoms with E-state index >= 15 is 0 Å². The minimum Gasteiger partial charge on any atom is -0.392 e. The van der Waals surface area contributed by atoms with Crippen molar-refractivity contribution in [2.45, 2.75) is 51.7 Å². The first-order valence-electron chi connectivity index (χ1n) is 6.04. The topological polar surface area (TPSA) is 55.6 Å². The Labute approximate surface area is 108 Å². The van der Waals surface area contributed by atoms with Gasteiger partial charge in [-0.25, -0.2) is 0 Å². The van der Waals surface area contributed by atoms with Crippen LogP contribution in [-0.4, -0.2) is 40.6 Å². The first kappa shape index (κ1) is 14.4. The van der Waals surface area contributed by atoms with Crippen LogP contribution in [0.3, 0.4) is 0 Å². The molecule has 98 valence electrons. The molecule has 0 aromatic rings. The van der Waals surface area contributed by atoms with Gasteiger partial charge in [0.05, 0.1) is 16.6 Å². The molecular weight excluding hydrogens is 236 g/mol. The van der Waals surface area contributed by atoms with Crippen LogP contribution < -0.4 is 5.73 Å². The molecule has 0 aromatic heterocycles. The van der Waals surface area contributed by atoms with E-state index in [2.05, 4.69) is 0 Å². The fourth-order valence-corrected chi connectivity index (χ4v) is 2.13. The molecular formula is C12H22N2O2S. The van der Waals surface area contributed by atoms with Crippen LogP contribution in [0.5, 0.6) is 0 Å². The Balaban J connectivity index is 2.56.